The van der Waals surface area contributed by atoms with E-state index in [1.54, 1.807) is 0 Å². The van der Waals surface area contributed by atoms with Crippen LogP contribution in [0.15, 0.2) is 35.1 Å². The predicted octanol–water partition coefficient (Wildman–Crippen LogP) is 2.85. The molecule has 2 rings (SSSR count). The van der Waals surface area contributed by atoms with Gasteiger partial charge in [0.2, 0.25) is 0 Å². The molecule has 0 unspecified atom stereocenters. The van der Waals surface area contributed by atoms with Crippen LogP contribution in [0.1, 0.15) is 23.0 Å². The minimum atomic E-state index is -0.0840. The van der Waals surface area contributed by atoms with Crippen LogP contribution >= 0.6 is 0 Å². The van der Waals surface area contributed by atoms with Crippen molar-refractivity contribution in [1.82, 2.24) is 4.98 Å². The third-order valence-electron chi connectivity index (χ3n) is 2.21. The topological polar surface area (TPSA) is 43.1 Å². The summed E-state index contributed by atoms with van der Waals surface area (Å²) in [6, 6.07) is 7.79. The molecule has 2 aromatic rings. The van der Waals surface area contributed by atoms with Crippen molar-refractivity contribution in [2.75, 3.05) is 0 Å². The Morgan fingerprint density at radius 2 is 1.93 bits per heavy atom. The number of benzene rings is 1. The average molecular weight is 201 g/mol. The zero-order chi connectivity index (χ0) is 10.8. The van der Waals surface area contributed by atoms with Crippen LogP contribution in [-0.4, -0.2) is 10.8 Å². The van der Waals surface area contributed by atoms with E-state index in [4.69, 9.17) is 4.42 Å². The second kappa shape index (κ2) is 3.69. The molecule has 1 aromatic heterocycles. The summed E-state index contributed by atoms with van der Waals surface area (Å²) in [6.07, 6.45) is 1.30. The first-order chi connectivity index (χ1) is 7.18. The van der Waals surface area contributed by atoms with E-state index in [2.05, 4.69) is 4.98 Å². The minimum absolute atomic E-state index is 0.0840. The lowest BCUT2D eigenvalue weighted by atomic mass is 10.1. The molecule has 0 bridgehead atoms. The highest BCUT2D eigenvalue weighted by molar-refractivity contribution is 5.97. The Balaban J connectivity index is 2.49. The van der Waals surface area contributed by atoms with Gasteiger partial charge in [0.05, 0.1) is 0 Å². The molecule has 0 aliphatic carbocycles. The molecule has 0 amide bonds. The van der Waals surface area contributed by atoms with Crippen molar-refractivity contribution < 1.29 is 9.21 Å². The molecular formula is C12H11NO2. The number of rotatable bonds is 2. The summed E-state index contributed by atoms with van der Waals surface area (Å²) < 4.78 is 5.22. The first-order valence-electron chi connectivity index (χ1n) is 4.70. The van der Waals surface area contributed by atoms with Gasteiger partial charge in [0.15, 0.2) is 23.6 Å². The molecule has 0 saturated carbocycles. The summed E-state index contributed by atoms with van der Waals surface area (Å²) in [7, 11) is 0. The Kier molecular flexibility index (Phi) is 2.37. The maximum absolute atomic E-state index is 11.2. The number of hydrogen-bond donors (Lipinski definition) is 0. The zero-order valence-electron chi connectivity index (χ0n) is 8.65. The van der Waals surface area contributed by atoms with Crippen molar-refractivity contribution in [1.29, 1.82) is 0 Å². The lowest BCUT2D eigenvalue weighted by Crippen LogP contribution is -1.94. The largest absolute Gasteiger partial charge is 0.443 e. The molecule has 0 atom stereocenters. The van der Waals surface area contributed by atoms with E-state index in [0.717, 1.165) is 5.56 Å². The van der Waals surface area contributed by atoms with Crippen LogP contribution in [0.5, 0.6) is 0 Å². The number of Topliss-reactive ketones (excluding diaryl/α,β-unsaturated/α-hetero) is 1. The average Bonchev–Trinajstić information content (AvgIpc) is 2.67. The van der Waals surface area contributed by atoms with Crippen LogP contribution < -0.4 is 0 Å². The van der Waals surface area contributed by atoms with E-state index in [0.29, 0.717) is 11.5 Å². The van der Waals surface area contributed by atoms with Gasteiger partial charge in [-0.1, -0.05) is 29.8 Å². The zero-order valence-corrected chi connectivity index (χ0v) is 8.65. The van der Waals surface area contributed by atoms with Gasteiger partial charge in [-0.25, -0.2) is 4.98 Å². The fourth-order valence-electron chi connectivity index (χ4n) is 1.41. The monoisotopic (exact) mass is 201 g/mol. The lowest BCUT2D eigenvalue weighted by Gasteiger charge is -1.98. The summed E-state index contributed by atoms with van der Waals surface area (Å²) in [5.41, 5.74) is 2.43. The Labute approximate surface area is 87.8 Å². The summed E-state index contributed by atoms with van der Waals surface area (Å²) in [5, 5.41) is 0. The first kappa shape index (κ1) is 9.65. The van der Waals surface area contributed by atoms with E-state index in [9.17, 15) is 4.79 Å². The van der Waals surface area contributed by atoms with Crippen molar-refractivity contribution in [2.24, 2.45) is 0 Å². The Hall–Kier alpha value is -1.90. The second-order valence-corrected chi connectivity index (χ2v) is 3.45. The normalized spacial score (nSPS) is 10.3. The Bertz CT molecular complexity index is 483. The quantitative estimate of drug-likeness (QED) is 0.701. The van der Waals surface area contributed by atoms with Crippen molar-refractivity contribution >= 4 is 5.78 Å². The standard InChI is InChI=1S/C12H11NO2/c1-8-3-5-10(6-4-8)12-11(9(2)14)13-7-15-12/h3-7H,1-2H3. The van der Waals surface area contributed by atoms with Crippen molar-refractivity contribution in [2.45, 2.75) is 13.8 Å². The molecule has 0 radical (unpaired) electrons. The molecule has 0 fully saturated rings. The predicted molar refractivity (Wildman–Crippen MR) is 56.7 cm³/mol. The molecule has 0 spiro atoms. The van der Waals surface area contributed by atoms with E-state index in [1.165, 1.54) is 18.9 Å². The molecule has 15 heavy (non-hydrogen) atoms. The van der Waals surface area contributed by atoms with Gasteiger partial charge < -0.3 is 4.42 Å². The maximum atomic E-state index is 11.2. The number of carbonyl (C=O) groups is 1. The van der Waals surface area contributed by atoms with Gasteiger partial charge in [-0.05, 0) is 6.92 Å². The van der Waals surface area contributed by atoms with Gasteiger partial charge >= 0.3 is 0 Å². The lowest BCUT2D eigenvalue weighted by molar-refractivity contribution is 0.101. The van der Waals surface area contributed by atoms with Crippen molar-refractivity contribution in [3.05, 3.63) is 41.9 Å². The van der Waals surface area contributed by atoms with Gasteiger partial charge in [-0.15, -0.1) is 0 Å². The second-order valence-electron chi connectivity index (χ2n) is 3.45. The van der Waals surface area contributed by atoms with E-state index < -0.39 is 0 Å². The molecule has 0 aliphatic rings. The number of nitrogens with zero attached hydrogens (tertiary/aromatic N) is 1. The third kappa shape index (κ3) is 1.81. The van der Waals surface area contributed by atoms with Crippen LogP contribution in [0.25, 0.3) is 11.3 Å². The summed E-state index contributed by atoms with van der Waals surface area (Å²) >= 11 is 0. The van der Waals surface area contributed by atoms with Crippen LogP contribution in [-0.2, 0) is 0 Å². The fraction of sp³-hybridized carbons (Fsp3) is 0.167. The molecule has 3 nitrogen and oxygen atoms in total. The molecule has 0 N–H and O–H groups in total. The number of carbonyl (C=O) groups excluding carboxylic acids is 1. The Morgan fingerprint density at radius 1 is 1.27 bits per heavy atom. The van der Waals surface area contributed by atoms with E-state index >= 15 is 0 Å². The number of ketones is 1. The van der Waals surface area contributed by atoms with Gasteiger partial charge in [-0.3, -0.25) is 4.79 Å². The first-order valence-corrected chi connectivity index (χ1v) is 4.70. The van der Waals surface area contributed by atoms with E-state index in [-0.39, 0.29) is 5.78 Å². The molecule has 0 aliphatic heterocycles. The Morgan fingerprint density at radius 3 is 2.53 bits per heavy atom. The number of aryl methyl sites for hydroxylation is 1. The van der Waals surface area contributed by atoms with Gasteiger partial charge in [0.25, 0.3) is 0 Å². The smallest absolute Gasteiger partial charge is 0.182 e. The van der Waals surface area contributed by atoms with Crippen LogP contribution in [0.2, 0.25) is 0 Å². The highest BCUT2D eigenvalue weighted by Gasteiger charge is 2.13. The molecule has 3 heteroatoms. The molecule has 1 aromatic carbocycles. The van der Waals surface area contributed by atoms with Gasteiger partial charge in [0, 0.05) is 12.5 Å². The van der Waals surface area contributed by atoms with Gasteiger partial charge in [0.1, 0.15) is 0 Å². The SMILES string of the molecule is CC(=O)c1ncoc1-c1ccc(C)cc1. The van der Waals surface area contributed by atoms with Crippen molar-refractivity contribution in [3.8, 4) is 11.3 Å². The summed E-state index contributed by atoms with van der Waals surface area (Å²) in [5.74, 6) is 0.460. The van der Waals surface area contributed by atoms with Crippen LogP contribution in [0, 0.1) is 6.92 Å². The number of hydrogen-bond acceptors (Lipinski definition) is 3. The highest BCUT2D eigenvalue weighted by Crippen LogP contribution is 2.23. The van der Waals surface area contributed by atoms with Crippen LogP contribution in [0.4, 0.5) is 0 Å². The number of aromatic nitrogens is 1. The summed E-state index contributed by atoms with van der Waals surface area (Å²) in [4.78, 5) is 15.1. The number of oxazole rings is 1. The third-order valence-corrected chi connectivity index (χ3v) is 2.21. The fourth-order valence-corrected chi connectivity index (χ4v) is 1.41. The minimum Gasteiger partial charge on any atom is -0.443 e. The van der Waals surface area contributed by atoms with Crippen LogP contribution in [0.3, 0.4) is 0 Å². The molecule has 1 heterocycles. The highest BCUT2D eigenvalue weighted by atomic mass is 16.3. The molecule has 0 saturated heterocycles. The molecule has 76 valence electrons. The van der Waals surface area contributed by atoms with E-state index in [1.807, 2.05) is 31.2 Å². The molecular weight excluding hydrogens is 190 g/mol. The van der Waals surface area contributed by atoms with Crippen molar-refractivity contribution in [3.63, 3.8) is 0 Å². The maximum Gasteiger partial charge on any atom is 0.182 e. The van der Waals surface area contributed by atoms with Gasteiger partial charge in [-0.2, -0.15) is 0 Å². The summed E-state index contributed by atoms with van der Waals surface area (Å²) in [6.45, 7) is 3.49.